The standard InChI is InChI=1S/C15H24N2OS/c1-4-16-15(14-11-19-9-8-17(14)2)12-6-5-7-13(10-12)18-3/h5-7,10,14-16H,4,8-9,11H2,1-3H3. The molecule has 1 saturated heterocycles. The predicted octanol–water partition coefficient (Wildman–Crippen LogP) is 2.39. The van der Waals surface area contributed by atoms with E-state index in [1.165, 1.54) is 23.6 Å². The van der Waals surface area contributed by atoms with E-state index in [9.17, 15) is 0 Å². The molecule has 0 radical (unpaired) electrons. The third kappa shape index (κ3) is 3.65. The van der Waals surface area contributed by atoms with Crippen molar-refractivity contribution >= 4 is 11.8 Å². The largest absolute Gasteiger partial charge is 0.497 e. The first kappa shape index (κ1) is 14.7. The van der Waals surface area contributed by atoms with Gasteiger partial charge in [-0.3, -0.25) is 4.90 Å². The van der Waals surface area contributed by atoms with Crippen molar-refractivity contribution in [3.63, 3.8) is 0 Å². The van der Waals surface area contributed by atoms with Crippen LogP contribution in [0, 0.1) is 0 Å². The van der Waals surface area contributed by atoms with Gasteiger partial charge in [-0.1, -0.05) is 19.1 Å². The zero-order chi connectivity index (χ0) is 13.7. The van der Waals surface area contributed by atoms with Gasteiger partial charge >= 0.3 is 0 Å². The van der Waals surface area contributed by atoms with E-state index in [1.807, 2.05) is 6.07 Å². The average Bonchev–Trinajstić information content (AvgIpc) is 2.46. The van der Waals surface area contributed by atoms with Crippen molar-refractivity contribution in [3.8, 4) is 5.75 Å². The van der Waals surface area contributed by atoms with Gasteiger partial charge in [0.15, 0.2) is 0 Å². The maximum absolute atomic E-state index is 5.35. The number of ether oxygens (including phenoxy) is 1. The van der Waals surface area contributed by atoms with Gasteiger partial charge in [-0.05, 0) is 31.3 Å². The van der Waals surface area contributed by atoms with Gasteiger partial charge in [-0.2, -0.15) is 11.8 Å². The molecule has 1 fully saturated rings. The Morgan fingerprint density at radius 3 is 3.05 bits per heavy atom. The van der Waals surface area contributed by atoms with Crippen LogP contribution in [0.15, 0.2) is 24.3 Å². The Bertz CT molecular complexity index is 399. The second-order valence-corrected chi connectivity index (χ2v) is 6.08. The van der Waals surface area contributed by atoms with Gasteiger partial charge in [-0.15, -0.1) is 0 Å². The molecule has 106 valence electrons. The topological polar surface area (TPSA) is 24.5 Å². The lowest BCUT2D eigenvalue weighted by Crippen LogP contribution is -2.47. The maximum atomic E-state index is 5.35. The Morgan fingerprint density at radius 1 is 1.53 bits per heavy atom. The van der Waals surface area contributed by atoms with Crippen LogP contribution in [-0.2, 0) is 0 Å². The van der Waals surface area contributed by atoms with Crippen molar-refractivity contribution in [2.75, 3.05) is 38.8 Å². The Kier molecular flexibility index (Phi) is 5.55. The molecule has 0 saturated carbocycles. The molecule has 2 unspecified atom stereocenters. The molecule has 1 N–H and O–H groups in total. The van der Waals surface area contributed by atoms with Crippen LogP contribution in [0.25, 0.3) is 0 Å². The summed E-state index contributed by atoms with van der Waals surface area (Å²) in [6, 6.07) is 9.35. The molecule has 0 bridgehead atoms. The van der Waals surface area contributed by atoms with E-state index in [-0.39, 0.29) is 0 Å². The summed E-state index contributed by atoms with van der Waals surface area (Å²) in [7, 11) is 3.96. The van der Waals surface area contributed by atoms with E-state index >= 15 is 0 Å². The zero-order valence-electron chi connectivity index (χ0n) is 12.1. The molecule has 1 aromatic rings. The lowest BCUT2D eigenvalue weighted by atomic mass is 9.98. The molecule has 2 atom stereocenters. The number of hydrogen-bond donors (Lipinski definition) is 1. The smallest absolute Gasteiger partial charge is 0.119 e. The van der Waals surface area contributed by atoms with Crippen LogP contribution in [0.3, 0.4) is 0 Å². The minimum Gasteiger partial charge on any atom is -0.497 e. The van der Waals surface area contributed by atoms with Crippen molar-refractivity contribution in [2.24, 2.45) is 0 Å². The summed E-state index contributed by atoms with van der Waals surface area (Å²) in [4.78, 5) is 2.48. The summed E-state index contributed by atoms with van der Waals surface area (Å²) in [5.41, 5.74) is 1.32. The molecular weight excluding hydrogens is 256 g/mol. The molecule has 2 rings (SSSR count). The summed E-state index contributed by atoms with van der Waals surface area (Å²) < 4.78 is 5.35. The van der Waals surface area contributed by atoms with Crippen molar-refractivity contribution in [2.45, 2.75) is 19.0 Å². The summed E-state index contributed by atoms with van der Waals surface area (Å²) >= 11 is 2.05. The van der Waals surface area contributed by atoms with Crippen molar-refractivity contribution in [1.82, 2.24) is 10.2 Å². The van der Waals surface area contributed by atoms with Crippen LogP contribution in [-0.4, -0.2) is 49.7 Å². The predicted molar refractivity (Wildman–Crippen MR) is 83.2 cm³/mol. The summed E-state index contributed by atoms with van der Waals surface area (Å²) in [5, 5.41) is 3.64. The molecule has 0 spiro atoms. The molecule has 1 heterocycles. The minimum atomic E-state index is 0.373. The fraction of sp³-hybridized carbons (Fsp3) is 0.600. The molecule has 0 amide bonds. The molecule has 0 aliphatic carbocycles. The molecule has 0 aromatic heterocycles. The van der Waals surface area contributed by atoms with Crippen LogP contribution in [0.4, 0.5) is 0 Å². The van der Waals surface area contributed by atoms with Crippen LogP contribution >= 0.6 is 11.8 Å². The molecule has 3 nitrogen and oxygen atoms in total. The highest BCUT2D eigenvalue weighted by molar-refractivity contribution is 7.99. The van der Waals surface area contributed by atoms with E-state index in [4.69, 9.17) is 4.74 Å². The number of thioether (sulfide) groups is 1. The Balaban J connectivity index is 2.22. The number of hydrogen-bond acceptors (Lipinski definition) is 4. The SMILES string of the molecule is CCNC(c1cccc(OC)c1)C1CSCCN1C. The number of nitrogens with one attached hydrogen (secondary N) is 1. The van der Waals surface area contributed by atoms with Crippen LogP contribution in [0.1, 0.15) is 18.5 Å². The number of rotatable bonds is 5. The molecule has 1 aromatic carbocycles. The van der Waals surface area contributed by atoms with Crippen LogP contribution < -0.4 is 10.1 Å². The number of likely N-dealkylation sites (N-methyl/N-ethyl adjacent to an activating group) is 2. The van der Waals surface area contributed by atoms with Gasteiger partial charge in [0.2, 0.25) is 0 Å². The first-order valence-corrected chi connectivity index (χ1v) is 8.07. The highest BCUT2D eigenvalue weighted by atomic mass is 32.2. The zero-order valence-corrected chi connectivity index (χ0v) is 12.9. The third-order valence-electron chi connectivity index (χ3n) is 3.70. The van der Waals surface area contributed by atoms with Crippen molar-refractivity contribution < 1.29 is 4.74 Å². The first-order valence-electron chi connectivity index (χ1n) is 6.91. The van der Waals surface area contributed by atoms with Crippen LogP contribution in [0.2, 0.25) is 0 Å². The van der Waals surface area contributed by atoms with Gasteiger partial charge < -0.3 is 10.1 Å². The highest BCUT2D eigenvalue weighted by Crippen LogP contribution is 2.28. The van der Waals surface area contributed by atoms with Gasteiger partial charge in [0.1, 0.15) is 5.75 Å². The van der Waals surface area contributed by atoms with Gasteiger partial charge in [-0.25, -0.2) is 0 Å². The van der Waals surface area contributed by atoms with Gasteiger partial charge in [0.25, 0.3) is 0 Å². The second kappa shape index (κ2) is 7.17. The van der Waals surface area contributed by atoms with Crippen LogP contribution in [0.5, 0.6) is 5.75 Å². The second-order valence-electron chi connectivity index (χ2n) is 4.93. The van der Waals surface area contributed by atoms with E-state index in [2.05, 4.69) is 54.1 Å². The molecule has 1 aliphatic rings. The minimum absolute atomic E-state index is 0.373. The summed E-state index contributed by atoms with van der Waals surface area (Å²) in [6.45, 7) is 4.32. The quantitative estimate of drug-likeness (QED) is 0.895. The normalized spacial score (nSPS) is 22.2. The average molecular weight is 280 g/mol. The van der Waals surface area contributed by atoms with E-state index in [0.717, 1.165) is 12.3 Å². The van der Waals surface area contributed by atoms with E-state index < -0.39 is 0 Å². The van der Waals surface area contributed by atoms with Crippen molar-refractivity contribution in [3.05, 3.63) is 29.8 Å². The fourth-order valence-electron chi connectivity index (χ4n) is 2.59. The maximum Gasteiger partial charge on any atom is 0.119 e. The van der Waals surface area contributed by atoms with Gasteiger partial charge in [0.05, 0.1) is 7.11 Å². The van der Waals surface area contributed by atoms with Gasteiger partial charge in [0, 0.05) is 30.1 Å². The molecule has 4 heteroatoms. The van der Waals surface area contributed by atoms with E-state index in [0.29, 0.717) is 12.1 Å². The Hall–Kier alpha value is -0.710. The number of nitrogens with zero attached hydrogens (tertiary/aromatic N) is 1. The number of benzene rings is 1. The van der Waals surface area contributed by atoms with Crippen molar-refractivity contribution in [1.29, 1.82) is 0 Å². The lowest BCUT2D eigenvalue weighted by Gasteiger charge is -2.38. The monoisotopic (exact) mass is 280 g/mol. The summed E-state index contributed by atoms with van der Waals surface area (Å²) in [5.74, 6) is 3.36. The molecular formula is C15H24N2OS. The Morgan fingerprint density at radius 2 is 2.37 bits per heavy atom. The third-order valence-corrected chi connectivity index (χ3v) is 4.75. The lowest BCUT2D eigenvalue weighted by molar-refractivity contribution is 0.217. The highest BCUT2D eigenvalue weighted by Gasteiger charge is 2.28. The number of methoxy groups -OCH3 is 1. The molecule has 19 heavy (non-hydrogen) atoms. The van der Waals surface area contributed by atoms with E-state index in [1.54, 1.807) is 7.11 Å². The Labute approximate surface area is 120 Å². The summed E-state index contributed by atoms with van der Waals surface area (Å²) in [6.07, 6.45) is 0. The first-order chi connectivity index (χ1) is 9.26. The molecule has 1 aliphatic heterocycles. The fourth-order valence-corrected chi connectivity index (χ4v) is 3.86.